The molecule has 1 aliphatic heterocycles. The summed E-state index contributed by atoms with van der Waals surface area (Å²) in [5.74, 6) is -0.345. The fraction of sp³-hybridized carbons (Fsp3) is 0.875. The molecule has 1 heterocycles. The van der Waals surface area contributed by atoms with Crippen LogP contribution in [0.2, 0.25) is 0 Å². The van der Waals surface area contributed by atoms with E-state index in [1.807, 2.05) is 6.92 Å². The lowest BCUT2D eigenvalue weighted by atomic mass is 9.93. The van der Waals surface area contributed by atoms with Gasteiger partial charge in [0.1, 0.15) is 5.60 Å². The number of carbonyl (C=O) groups is 2. The Balaban J connectivity index is 2.72. The minimum Gasteiger partial charge on any atom is -0.443 e. The summed E-state index contributed by atoms with van der Waals surface area (Å²) >= 11 is 0. The van der Waals surface area contributed by atoms with Crippen LogP contribution in [0, 0.1) is 0 Å². The summed E-state index contributed by atoms with van der Waals surface area (Å²) in [6.45, 7) is 11.5. The van der Waals surface area contributed by atoms with E-state index in [1.165, 1.54) is 4.90 Å². The monoisotopic (exact) mass is 315 g/mol. The molecule has 0 aromatic heterocycles. The fourth-order valence-electron chi connectivity index (χ4n) is 2.38. The highest BCUT2D eigenvalue weighted by Crippen LogP contribution is 2.30. The van der Waals surface area contributed by atoms with Crippen LogP contribution in [0.1, 0.15) is 60.8 Å². The number of hydrogen-bond donors (Lipinski definition) is 0. The van der Waals surface area contributed by atoms with Gasteiger partial charge in [-0.3, -0.25) is 4.79 Å². The number of imide groups is 1. The normalized spacial score (nSPS) is 23.2. The third kappa shape index (κ3) is 4.95. The molecule has 0 spiro atoms. The highest BCUT2D eigenvalue weighted by Gasteiger charge is 2.53. The molecule has 1 rings (SSSR count). The van der Waals surface area contributed by atoms with E-state index in [-0.39, 0.29) is 11.9 Å². The molecular weight excluding hydrogens is 286 g/mol. The summed E-state index contributed by atoms with van der Waals surface area (Å²) in [5, 5.41) is 0. The maximum absolute atomic E-state index is 12.2. The predicted molar refractivity (Wildman–Crippen MR) is 82.4 cm³/mol. The molecule has 2 amide bonds. The Hall–Kier alpha value is -1.14. The molecule has 1 unspecified atom stereocenters. The smallest absolute Gasteiger partial charge is 0.417 e. The second-order valence-corrected chi connectivity index (χ2v) is 6.48. The van der Waals surface area contributed by atoms with Crippen molar-refractivity contribution in [1.82, 2.24) is 4.90 Å². The third-order valence-electron chi connectivity index (χ3n) is 3.35. The van der Waals surface area contributed by atoms with Crippen LogP contribution < -0.4 is 0 Å². The van der Waals surface area contributed by atoms with E-state index < -0.39 is 24.1 Å². The Morgan fingerprint density at radius 3 is 2.45 bits per heavy atom. The zero-order valence-electron chi connectivity index (χ0n) is 14.5. The van der Waals surface area contributed by atoms with Crippen LogP contribution in [0.5, 0.6) is 0 Å². The molecule has 0 bridgehead atoms. The van der Waals surface area contributed by atoms with Crippen LogP contribution in [0.25, 0.3) is 0 Å². The molecule has 1 saturated heterocycles. The van der Waals surface area contributed by atoms with Gasteiger partial charge in [-0.1, -0.05) is 19.8 Å². The maximum Gasteiger partial charge on any atom is 0.417 e. The molecule has 3 atom stereocenters. The minimum absolute atomic E-state index is 0.273. The van der Waals surface area contributed by atoms with Gasteiger partial charge in [0.25, 0.3) is 5.91 Å². The number of rotatable bonds is 7. The van der Waals surface area contributed by atoms with Crippen LogP contribution in [0.4, 0.5) is 4.79 Å². The van der Waals surface area contributed by atoms with Crippen molar-refractivity contribution in [3.63, 3.8) is 0 Å². The average molecular weight is 315 g/mol. The van der Waals surface area contributed by atoms with Crippen LogP contribution >= 0.6 is 0 Å². The van der Waals surface area contributed by atoms with Gasteiger partial charge in [-0.15, -0.1) is 0 Å². The minimum atomic E-state index is -0.628. The highest BCUT2D eigenvalue weighted by molar-refractivity contribution is 6.01. The third-order valence-corrected chi connectivity index (χ3v) is 3.35. The lowest BCUT2D eigenvalue weighted by Gasteiger charge is -2.45. The van der Waals surface area contributed by atoms with Crippen molar-refractivity contribution in [2.24, 2.45) is 0 Å². The van der Waals surface area contributed by atoms with Crippen LogP contribution in [-0.2, 0) is 19.0 Å². The molecule has 0 aromatic rings. The van der Waals surface area contributed by atoms with Gasteiger partial charge < -0.3 is 14.2 Å². The Morgan fingerprint density at radius 1 is 1.32 bits per heavy atom. The van der Waals surface area contributed by atoms with Gasteiger partial charge in [0.15, 0.2) is 12.4 Å². The first-order valence-electron chi connectivity index (χ1n) is 8.04. The van der Waals surface area contributed by atoms with E-state index in [4.69, 9.17) is 14.2 Å². The molecule has 22 heavy (non-hydrogen) atoms. The van der Waals surface area contributed by atoms with E-state index in [0.717, 1.165) is 12.8 Å². The second-order valence-electron chi connectivity index (χ2n) is 6.48. The van der Waals surface area contributed by atoms with Crippen LogP contribution in [0.15, 0.2) is 0 Å². The Labute approximate surface area is 133 Å². The number of carbonyl (C=O) groups excluding carboxylic acids is 2. The van der Waals surface area contributed by atoms with Crippen molar-refractivity contribution in [2.45, 2.75) is 84.8 Å². The first-order valence-corrected chi connectivity index (χ1v) is 8.04. The van der Waals surface area contributed by atoms with Crippen LogP contribution in [0.3, 0.4) is 0 Å². The first kappa shape index (κ1) is 18.9. The summed E-state index contributed by atoms with van der Waals surface area (Å²) in [4.78, 5) is 25.6. The molecule has 0 aromatic carbocycles. The van der Waals surface area contributed by atoms with Crippen molar-refractivity contribution in [2.75, 3.05) is 6.61 Å². The summed E-state index contributed by atoms with van der Waals surface area (Å²) in [6.07, 6.45) is 0.929. The highest BCUT2D eigenvalue weighted by atomic mass is 16.7. The van der Waals surface area contributed by atoms with E-state index in [2.05, 4.69) is 6.92 Å². The van der Waals surface area contributed by atoms with Crippen molar-refractivity contribution < 1.29 is 23.8 Å². The van der Waals surface area contributed by atoms with Crippen molar-refractivity contribution in [3.05, 3.63) is 0 Å². The molecule has 1 fully saturated rings. The number of hydrogen-bond acceptors (Lipinski definition) is 5. The molecule has 6 heteroatoms. The zero-order valence-corrected chi connectivity index (χ0v) is 14.5. The van der Waals surface area contributed by atoms with E-state index in [1.54, 1.807) is 27.7 Å². The van der Waals surface area contributed by atoms with Gasteiger partial charge in [0.2, 0.25) is 0 Å². The first-order chi connectivity index (χ1) is 10.2. The topological polar surface area (TPSA) is 65.1 Å². The summed E-state index contributed by atoms with van der Waals surface area (Å²) < 4.78 is 16.3. The number of amides is 2. The van der Waals surface area contributed by atoms with Gasteiger partial charge in [-0.05, 0) is 41.0 Å². The second kappa shape index (κ2) is 7.92. The lowest BCUT2D eigenvalue weighted by molar-refractivity contribution is -0.211. The fourth-order valence-corrected chi connectivity index (χ4v) is 2.38. The standard InChI is InChI=1S/C16H29NO5/c1-7-9-10-12-13(21-11(3)20-8-2)14(18)17(12)15(19)22-16(4,5)6/h11-13H,7-10H2,1-6H3/t11?,12-,13-/m1/s1. The Morgan fingerprint density at radius 2 is 1.95 bits per heavy atom. The lowest BCUT2D eigenvalue weighted by Crippen LogP contribution is -2.68. The molecule has 128 valence electrons. The predicted octanol–water partition coefficient (Wildman–Crippen LogP) is 3.09. The Kier molecular flexibility index (Phi) is 6.81. The van der Waals surface area contributed by atoms with Gasteiger partial charge in [0, 0.05) is 6.61 Å². The molecule has 0 saturated carbocycles. The van der Waals surface area contributed by atoms with E-state index >= 15 is 0 Å². The number of β-lactam (4-membered cyclic amide) rings is 1. The maximum atomic E-state index is 12.2. The quantitative estimate of drug-likeness (QED) is 0.533. The molecule has 0 aliphatic carbocycles. The van der Waals surface area contributed by atoms with Gasteiger partial charge in [0.05, 0.1) is 6.04 Å². The largest absolute Gasteiger partial charge is 0.443 e. The van der Waals surface area contributed by atoms with Gasteiger partial charge in [-0.25, -0.2) is 9.69 Å². The molecule has 6 nitrogen and oxygen atoms in total. The number of unbranched alkanes of at least 4 members (excludes halogenated alkanes) is 1. The van der Waals surface area contributed by atoms with E-state index in [0.29, 0.717) is 13.0 Å². The van der Waals surface area contributed by atoms with Crippen molar-refractivity contribution in [1.29, 1.82) is 0 Å². The summed E-state index contributed by atoms with van der Waals surface area (Å²) in [7, 11) is 0. The zero-order chi connectivity index (χ0) is 16.9. The number of likely N-dealkylation sites (tertiary alicyclic amines) is 1. The Bertz CT molecular complexity index is 390. The SMILES string of the molecule is CCCC[C@@H]1[C@@H](OC(C)OCC)C(=O)N1C(=O)OC(C)(C)C. The molecule has 0 radical (unpaired) electrons. The van der Waals surface area contributed by atoms with Crippen molar-refractivity contribution >= 4 is 12.0 Å². The molecule has 1 aliphatic rings. The van der Waals surface area contributed by atoms with Crippen LogP contribution in [-0.4, -0.2) is 47.5 Å². The van der Waals surface area contributed by atoms with E-state index in [9.17, 15) is 9.59 Å². The summed E-state index contributed by atoms with van der Waals surface area (Å²) in [6, 6.07) is -0.273. The average Bonchev–Trinajstić information content (AvgIpc) is 2.38. The van der Waals surface area contributed by atoms with Gasteiger partial charge in [-0.2, -0.15) is 0 Å². The summed E-state index contributed by atoms with van der Waals surface area (Å²) in [5.41, 5.74) is -0.628. The molecular formula is C16H29NO5. The number of nitrogens with zero attached hydrogens (tertiary/aromatic N) is 1. The van der Waals surface area contributed by atoms with Crippen molar-refractivity contribution in [3.8, 4) is 0 Å². The number of ether oxygens (including phenoxy) is 3. The molecule has 0 N–H and O–H groups in total. The van der Waals surface area contributed by atoms with Gasteiger partial charge >= 0.3 is 6.09 Å².